The van der Waals surface area contributed by atoms with Crippen molar-refractivity contribution < 1.29 is 4.79 Å². The molecular weight excluding hydrogens is 352 g/mol. The van der Waals surface area contributed by atoms with Gasteiger partial charge in [0.15, 0.2) is 5.96 Å². The second-order valence-corrected chi connectivity index (χ2v) is 7.16. The minimum Gasteiger partial charge on any atom is -0.357 e. The summed E-state index contributed by atoms with van der Waals surface area (Å²) in [5.41, 5.74) is 5.81. The number of nitrogens with zero attached hydrogens (tertiary/aromatic N) is 4. The number of nitrogens with one attached hydrogen (secondary N) is 2. The molecule has 1 aromatic carbocycles. The first kappa shape index (κ1) is 19.9. The molecule has 150 valence electrons. The number of hydrogen-bond acceptors (Lipinski definition) is 3. The number of carbonyl (C=O) groups is 1. The highest BCUT2D eigenvalue weighted by Crippen LogP contribution is 2.18. The Hall–Kier alpha value is -2.83. The van der Waals surface area contributed by atoms with Gasteiger partial charge in [-0.05, 0) is 38.3 Å². The molecule has 2 N–H and O–H groups in total. The molecule has 0 radical (unpaired) electrons. The molecule has 0 saturated carbocycles. The third-order valence-corrected chi connectivity index (χ3v) is 5.29. The van der Waals surface area contributed by atoms with Gasteiger partial charge in [0.2, 0.25) is 5.91 Å². The largest absolute Gasteiger partial charge is 0.357 e. The van der Waals surface area contributed by atoms with Crippen molar-refractivity contribution >= 4 is 11.9 Å². The van der Waals surface area contributed by atoms with Crippen molar-refractivity contribution in [2.45, 2.75) is 40.3 Å². The topological polar surface area (TPSA) is 74.5 Å². The molecule has 0 bridgehead atoms. The first-order valence-electron chi connectivity index (χ1n) is 9.85. The molecule has 1 aromatic heterocycles. The monoisotopic (exact) mass is 382 g/mol. The van der Waals surface area contributed by atoms with E-state index in [0.717, 1.165) is 36.5 Å². The fourth-order valence-electron chi connectivity index (χ4n) is 3.53. The molecule has 0 spiro atoms. The lowest BCUT2D eigenvalue weighted by molar-refractivity contribution is -0.130. The SMILES string of the molecule is CCNC(=NCc1c(C)nn(C)c1C)NCC(=O)N1CCc2ccccc2C1. The smallest absolute Gasteiger partial charge is 0.242 e. The van der Waals surface area contributed by atoms with Crippen LogP contribution in [0.1, 0.15) is 35.0 Å². The van der Waals surface area contributed by atoms with Gasteiger partial charge in [-0.1, -0.05) is 24.3 Å². The lowest BCUT2D eigenvalue weighted by Gasteiger charge is -2.29. The van der Waals surface area contributed by atoms with Crippen LogP contribution in [0.3, 0.4) is 0 Å². The molecular formula is C21H30N6O. The fourth-order valence-corrected chi connectivity index (χ4v) is 3.53. The number of fused-ring (bicyclic) bond motifs is 1. The highest BCUT2D eigenvalue weighted by Gasteiger charge is 2.20. The van der Waals surface area contributed by atoms with Gasteiger partial charge in [-0.25, -0.2) is 4.99 Å². The summed E-state index contributed by atoms with van der Waals surface area (Å²) in [7, 11) is 1.94. The van der Waals surface area contributed by atoms with E-state index in [0.29, 0.717) is 19.0 Å². The number of hydrogen-bond donors (Lipinski definition) is 2. The average Bonchev–Trinajstić information content (AvgIpc) is 2.94. The van der Waals surface area contributed by atoms with Crippen LogP contribution in [-0.2, 0) is 31.4 Å². The van der Waals surface area contributed by atoms with Gasteiger partial charge in [0.05, 0.1) is 18.8 Å². The van der Waals surface area contributed by atoms with E-state index in [1.807, 2.05) is 43.5 Å². The molecule has 1 aliphatic rings. The zero-order chi connectivity index (χ0) is 20.1. The van der Waals surface area contributed by atoms with Gasteiger partial charge in [0.25, 0.3) is 0 Å². The van der Waals surface area contributed by atoms with E-state index in [2.05, 4.69) is 38.9 Å². The molecule has 2 aromatic rings. The first-order chi connectivity index (χ1) is 13.5. The van der Waals surface area contributed by atoms with Crippen LogP contribution in [0.4, 0.5) is 0 Å². The van der Waals surface area contributed by atoms with Gasteiger partial charge in [-0.3, -0.25) is 9.48 Å². The maximum atomic E-state index is 12.7. The van der Waals surface area contributed by atoms with Gasteiger partial charge < -0.3 is 15.5 Å². The molecule has 28 heavy (non-hydrogen) atoms. The molecule has 0 aliphatic carbocycles. The summed E-state index contributed by atoms with van der Waals surface area (Å²) in [4.78, 5) is 19.2. The third kappa shape index (κ3) is 4.52. The standard InChI is InChI=1S/C21H30N6O/c1-5-22-21(23-12-19-15(2)25-26(4)16(19)3)24-13-20(28)27-11-10-17-8-6-7-9-18(17)14-27/h6-9H,5,10-14H2,1-4H3,(H2,22,23,24). The van der Waals surface area contributed by atoms with Crippen molar-refractivity contribution in [3.8, 4) is 0 Å². The number of amides is 1. The van der Waals surface area contributed by atoms with Crippen LogP contribution in [0.5, 0.6) is 0 Å². The summed E-state index contributed by atoms with van der Waals surface area (Å²) in [5, 5.41) is 10.8. The number of rotatable bonds is 5. The normalized spacial score (nSPS) is 14.0. The minimum absolute atomic E-state index is 0.0915. The quantitative estimate of drug-likeness (QED) is 0.609. The molecule has 0 atom stereocenters. The van der Waals surface area contributed by atoms with Crippen molar-refractivity contribution in [1.82, 2.24) is 25.3 Å². The van der Waals surface area contributed by atoms with Crippen LogP contribution in [0.2, 0.25) is 0 Å². The number of aliphatic imine (C=N–C) groups is 1. The molecule has 0 fully saturated rings. The van der Waals surface area contributed by atoms with Gasteiger partial charge >= 0.3 is 0 Å². The highest BCUT2D eigenvalue weighted by molar-refractivity contribution is 5.86. The van der Waals surface area contributed by atoms with Crippen LogP contribution in [0.15, 0.2) is 29.3 Å². The number of benzene rings is 1. The van der Waals surface area contributed by atoms with Crippen molar-refractivity contribution in [2.75, 3.05) is 19.6 Å². The Morgan fingerprint density at radius 2 is 1.96 bits per heavy atom. The van der Waals surface area contributed by atoms with E-state index in [4.69, 9.17) is 0 Å². The summed E-state index contributed by atoms with van der Waals surface area (Å²) in [6, 6.07) is 8.34. The lowest BCUT2D eigenvalue weighted by atomic mass is 10.00. The van der Waals surface area contributed by atoms with Gasteiger partial charge in [-0.15, -0.1) is 0 Å². The molecule has 1 amide bonds. The average molecular weight is 383 g/mol. The fraction of sp³-hybridized carbons (Fsp3) is 0.476. The molecule has 0 saturated heterocycles. The molecule has 0 unspecified atom stereocenters. The Kier molecular flexibility index (Phi) is 6.34. The van der Waals surface area contributed by atoms with Crippen LogP contribution in [0, 0.1) is 13.8 Å². The number of aromatic nitrogens is 2. The predicted octanol–water partition coefficient (Wildman–Crippen LogP) is 1.68. The summed E-state index contributed by atoms with van der Waals surface area (Å²) >= 11 is 0. The van der Waals surface area contributed by atoms with Gasteiger partial charge in [0, 0.05) is 37.9 Å². The zero-order valence-electron chi connectivity index (χ0n) is 17.2. The van der Waals surface area contributed by atoms with Crippen LogP contribution in [-0.4, -0.2) is 46.2 Å². The van der Waals surface area contributed by atoms with Crippen LogP contribution < -0.4 is 10.6 Å². The predicted molar refractivity (Wildman–Crippen MR) is 111 cm³/mol. The summed E-state index contributed by atoms with van der Waals surface area (Å²) < 4.78 is 1.87. The molecule has 1 aliphatic heterocycles. The van der Waals surface area contributed by atoms with E-state index in [9.17, 15) is 4.79 Å². The number of carbonyl (C=O) groups excluding carboxylic acids is 1. The molecule has 3 rings (SSSR count). The van der Waals surface area contributed by atoms with Crippen LogP contribution in [0.25, 0.3) is 0 Å². The van der Waals surface area contributed by atoms with E-state index in [-0.39, 0.29) is 12.5 Å². The molecule has 7 nitrogen and oxygen atoms in total. The van der Waals surface area contributed by atoms with Crippen molar-refractivity contribution in [3.63, 3.8) is 0 Å². The number of aryl methyl sites for hydroxylation is 2. The Morgan fingerprint density at radius 1 is 1.21 bits per heavy atom. The molecule has 7 heteroatoms. The molecule has 2 heterocycles. The van der Waals surface area contributed by atoms with Gasteiger partial charge in [-0.2, -0.15) is 5.10 Å². The summed E-state index contributed by atoms with van der Waals surface area (Å²) in [6.45, 7) is 9.00. The Labute approximate surface area is 166 Å². The van der Waals surface area contributed by atoms with E-state index in [1.165, 1.54) is 11.1 Å². The Bertz CT molecular complexity index is 870. The Balaban J connectivity index is 1.59. The minimum atomic E-state index is 0.0915. The maximum absolute atomic E-state index is 12.7. The van der Waals surface area contributed by atoms with E-state index < -0.39 is 0 Å². The van der Waals surface area contributed by atoms with Crippen molar-refractivity contribution in [3.05, 3.63) is 52.3 Å². The maximum Gasteiger partial charge on any atom is 0.242 e. The second-order valence-electron chi connectivity index (χ2n) is 7.16. The Morgan fingerprint density at radius 3 is 2.64 bits per heavy atom. The lowest BCUT2D eigenvalue weighted by Crippen LogP contribution is -2.46. The van der Waals surface area contributed by atoms with E-state index in [1.54, 1.807) is 0 Å². The summed E-state index contributed by atoms with van der Waals surface area (Å²) in [5.74, 6) is 0.741. The first-order valence-corrected chi connectivity index (χ1v) is 9.85. The van der Waals surface area contributed by atoms with Crippen molar-refractivity contribution in [1.29, 1.82) is 0 Å². The van der Waals surface area contributed by atoms with Crippen molar-refractivity contribution in [2.24, 2.45) is 12.0 Å². The van der Waals surface area contributed by atoms with Gasteiger partial charge in [0.1, 0.15) is 0 Å². The van der Waals surface area contributed by atoms with Crippen LogP contribution >= 0.6 is 0 Å². The van der Waals surface area contributed by atoms with E-state index >= 15 is 0 Å². The summed E-state index contributed by atoms with van der Waals surface area (Å²) in [6.07, 6.45) is 0.912. The highest BCUT2D eigenvalue weighted by atomic mass is 16.2. The number of guanidine groups is 1. The second kappa shape index (κ2) is 8.91. The third-order valence-electron chi connectivity index (χ3n) is 5.29. The zero-order valence-corrected chi connectivity index (χ0v) is 17.2.